The number of nitrogens with zero attached hydrogens (tertiary/aromatic N) is 2. The van der Waals surface area contributed by atoms with E-state index in [1.807, 2.05) is 18.2 Å². The molecule has 9 heteroatoms. The van der Waals surface area contributed by atoms with Crippen LogP contribution in [0.25, 0.3) is 10.9 Å². The van der Waals surface area contributed by atoms with Crippen molar-refractivity contribution in [1.82, 2.24) is 4.98 Å². The van der Waals surface area contributed by atoms with Crippen LogP contribution in [-0.2, 0) is 20.7 Å². The van der Waals surface area contributed by atoms with Gasteiger partial charge in [-0.2, -0.15) is 5.11 Å². The van der Waals surface area contributed by atoms with E-state index in [2.05, 4.69) is 36.0 Å². The van der Waals surface area contributed by atoms with Crippen molar-refractivity contribution in [2.24, 2.45) is 10.2 Å². The summed E-state index contributed by atoms with van der Waals surface area (Å²) < 4.78 is 10.1. The number of hydrogen-bond acceptors (Lipinski definition) is 5. The standard InChI is InChI=1S/C23H34ClN3O4Si/c1-8-32(9-2,10-3)20-16(15-12-11-13-17(24)19(15)25-20)14-18(21(28)30-7)26-27-22(29)31-23(4,5)6/h11-13,18,25H,8-10,14H2,1-7H3/t18-/m0/s1. The quantitative estimate of drug-likeness (QED) is 0.285. The summed E-state index contributed by atoms with van der Waals surface area (Å²) in [6.07, 6.45) is -0.586. The van der Waals surface area contributed by atoms with Crippen molar-refractivity contribution >= 4 is 48.0 Å². The number of amides is 1. The summed E-state index contributed by atoms with van der Waals surface area (Å²) in [6, 6.07) is 7.94. The lowest BCUT2D eigenvalue weighted by molar-refractivity contribution is -0.142. The topological polar surface area (TPSA) is 93.1 Å². The largest absolute Gasteiger partial charge is 0.467 e. The van der Waals surface area contributed by atoms with Crippen molar-refractivity contribution in [3.63, 3.8) is 0 Å². The Balaban J connectivity index is 2.57. The van der Waals surface area contributed by atoms with Crippen molar-refractivity contribution < 1.29 is 19.1 Å². The summed E-state index contributed by atoms with van der Waals surface area (Å²) >= 11 is 6.50. The van der Waals surface area contributed by atoms with Crippen LogP contribution < -0.4 is 5.32 Å². The lowest BCUT2D eigenvalue weighted by Gasteiger charge is -2.29. The van der Waals surface area contributed by atoms with Crippen molar-refractivity contribution in [1.29, 1.82) is 0 Å². The highest BCUT2D eigenvalue weighted by Gasteiger charge is 2.36. The van der Waals surface area contributed by atoms with E-state index in [9.17, 15) is 9.59 Å². The molecule has 1 amide bonds. The van der Waals surface area contributed by atoms with E-state index in [0.717, 1.165) is 34.6 Å². The van der Waals surface area contributed by atoms with Crippen LogP contribution >= 0.6 is 11.6 Å². The van der Waals surface area contributed by atoms with E-state index in [-0.39, 0.29) is 6.42 Å². The first-order valence-electron chi connectivity index (χ1n) is 11.0. The number of aromatic nitrogens is 1. The Bertz CT molecular complexity index is 985. The van der Waals surface area contributed by atoms with Gasteiger partial charge in [0.05, 0.1) is 17.6 Å². The molecule has 176 valence electrons. The zero-order valence-electron chi connectivity index (χ0n) is 20.0. The highest BCUT2D eigenvalue weighted by molar-refractivity contribution is 6.91. The average Bonchev–Trinajstić information content (AvgIpc) is 3.11. The fraction of sp³-hybridized carbons (Fsp3) is 0.565. The number of aromatic amines is 1. The Morgan fingerprint density at radius 1 is 1.16 bits per heavy atom. The second-order valence-electron chi connectivity index (χ2n) is 8.92. The number of H-pyrrole nitrogens is 1. The monoisotopic (exact) mass is 479 g/mol. The molecular weight excluding hydrogens is 446 g/mol. The number of fused-ring (bicyclic) bond motifs is 1. The molecule has 1 N–H and O–H groups in total. The van der Waals surface area contributed by atoms with Crippen molar-refractivity contribution in [3.05, 3.63) is 28.8 Å². The molecule has 0 fully saturated rings. The summed E-state index contributed by atoms with van der Waals surface area (Å²) in [7, 11) is -0.563. The number of carbonyl (C=O) groups is 2. The average molecular weight is 480 g/mol. The minimum absolute atomic E-state index is 0.253. The minimum atomic E-state index is -1.86. The van der Waals surface area contributed by atoms with E-state index in [4.69, 9.17) is 21.1 Å². The van der Waals surface area contributed by atoms with Gasteiger partial charge in [-0.15, -0.1) is 0 Å². The lowest BCUT2D eigenvalue weighted by atomic mass is 10.1. The molecule has 0 radical (unpaired) electrons. The van der Waals surface area contributed by atoms with Gasteiger partial charge in [-0.1, -0.05) is 67.8 Å². The molecule has 1 aromatic heterocycles. The van der Waals surface area contributed by atoms with Gasteiger partial charge in [0.2, 0.25) is 0 Å². The van der Waals surface area contributed by atoms with Gasteiger partial charge in [0.15, 0.2) is 6.04 Å². The van der Waals surface area contributed by atoms with E-state index in [1.165, 1.54) is 12.4 Å². The van der Waals surface area contributed by atoms with E-state index < -0.39 is 31.8 Å². The maximum absolute atomic E-state index is 12.6. The number of halogens is 1. The molecule has 0 aliphatic rings. The van der Waals surface area contributed by atoms with E-state index in [1.54, 1.807) is 20.8 Å². The van der Waals surface area contributed by atoms with Gasteiger partial charge in [0, 0.05) is 17.1 Å². The predicted molar refractivity (Wildman–Crippen MR) is 131 cm³/mol. The third-order valence-electron chi connectivity index (χ3n) is 5.99. The molecule has 0 unspecified atom stereocenters. The summed E-state index contributed by atoms with van der Waals surface area (Å²) in [4.78, 5) is 28.2. The maximum Gasteiger partial charge on any atom is 0.452 e. The van der Waals surface area contributed by atoms with Gasteiger partial charge in [-0.25, -0.2) is 9.59 Å². The highest BCUT2D eigenvalue weighted by atomic mass is 35.5. The number of para-hydroxylation sites is 1. The van der Waals surface area contributed by atoms with Crippen LogP contribution in [0.15, 0.2) is 28.4 Å². The number of ether oxygens (including phenoxy) is 2. The molecule has 0 saturated heterocycles. The lowest BCUT2D eigenvalue weighted by Crippen LogP contribution is -2.48. The third-order valence-corrected chi connectivity index (χ3v) is 11.9. The van der Waals surface area contributed by atoms with Crippen LogP contribution in [0.4, 0.5) is 4.79 Å². The van der Waals surface area contributed by atoms with Crippen LogP contribution in [0.1, 0.15) is 47.1 Å². The van der Waals surface area contributed by atoms with Gasteiger partial charge >= 0.3 is 12.1 Å². The molecule has 1 heterocycles. The van der Waals surface area contributed by atoms with E-state index in [0.29, 0.717) is 5.02 Å². The van der Waals surface area contributed by atoms with Gasteiger partial charge < -0.3 is 14.5 Å². The first-order chi connectivity index (χ1) is 15.0. The van der Waals surface area contributed by atoms with Gasteiger partial charge in [0.25, 0.3) is 0 Å². The number of esters is 1. The normalized spacial score (nSPS) is 13.5. The molecule has 2 rings (SSSR count). The van der Waals surface area contributed by atoms with E-state index >= 15 is 0 Å². The number of nitrogens with one attached hydrogen (secondary N) is 1. The van der Waals surface area contributed by atoms with Crippen LogP contribution in [0, 0.1) is 0 Å². The fourth-order valence-electron chi connectivity index (χ4n) is 4.08. The van der Waals surface area contributed by atoms with Crippen LogP contribution in [-0.4, -0.2) is 43.9 Å². The Morgan fingerprint density at radius 3 is 2.31 bits per heavy atom. The highest BCUT2D eigenvalue weighted by Crippen LogP contribution is 2.30. The number of benzene rings is 1. The van der Waals surface area contributed by atoms with Gasteiger partial charge in [-0.3, -0.25) is 0 Å². The minimum Gasteiger partial charge on any atom is -0.467 e. The number of rotatable bonds is 8. The Kier molecular flexibility index (Phi) is 8.65. The summed E-state index contributed by atoms with van der Waals surface area (Å²) in [6.45, 7) is 11.9. The predicted octanol–water partition coefficient (Wildman–Crippen LogP) is 6.01. The summed E-state index contributed by atoms with van der Waals surface area (Å²) in [5.41, 5.74) is 1.16. The molecule has 32 heavy (non-hydrogen) atoms. The maximum atomic E-state index is 12.6. The van der Waals surface area contributed by atoms with Crippen molar-refractivity contribution in [2.75, 3.05) is 7.11 Å². The molecule has 2 aromatic rings. The number of carbonyl (C=O) groups excluding carboxylic acids is 2. The number of azo groups is 1. The Hall–Kier alpha value is -2.19. The molecule has 1 atom stereocenters. The second-order valence-corrected chi connectivity index (χ2v) is 14.5. The fourth-order valence-corrected chi connectivity index (χ4v) is 8.13. The number of hydrogen-bond donors (Lipinski definition) is 1. The number of methoxy groups -OCH3 is 1. The third kappa shape index (κ3) is 5.78. The van der Waals surface area contributed by atoms with Crippen molar-refractivity contribution in [2.45, 2.75) is 77.7 Å². The van der Waals surface area contributed by atoms with Crippen LogP contribution in [0.2, 0.25) is 23.2 Å². The zero-order chi connectivity index (χ0) is 24.1. The SMILES string of the molecule is CC[Si](CC)(CC)c1[nH]c2c(Cl)cccc2c1C[C@H](N=NC(=O)OC(C)(C)C)C(=O)OC. The summed E-state index contributed by atoms with van der Waals surface area (Å²) in [5, 5.41) is 10.4. The first kappa shape index (κ1) is 26.1. The smallest absolute Gasteiger partial charge is 0.452 e. The molecular formula is C23H34ClN3O4Si. The molecule has 0 aliphatic carbocycles. The molecule has 0 saturated carbocycles. The van der Waals surface area contributed by atoms with Gasteiger partial charge in [-0.05, 0) is 32.4 Å². The molecule has 7 nitrogen and oxygen atoms in total. The molecule has 1 aromatic carbocycles. The molecule has 0 bridgehead atoms. The molecule has 0 aliphatic heterocycles. The van der Waals surface area contributed by atoms with Crippen LogP contribution in [0.5, 0.6) is 0 Å². The molecule has 0 spiro atoms. The zero-order valence-corrected chi connectivity index (χ0v) is 21.8. The van der Waals surface area contributed by atoms with Gasteiger partial charge in [0.1, 0.15) is 13.7 Å². The first-order valence-corrected chi connectivity index (χ1v) is 14.0. The van der Waals surface area contributed by atoms with Crippen LogP contribution in [0.3, 0.4) is 0 Å². The summed E-state index contributed by atoms with van der Waals surface area (Å²) in [5.74, 6) is -0.559. The Morgan fingerprint density at radius 2 is 1.78 bits per heavy atom. The Labute approximate surface area is 195 Å². The second kappa shape index (κ2) is 10.6. The van der Waals surface area contributed by atoms with Crippen molar-refractivity contribution in [3.8, 4) is 0 Å².